The Bertz CT molecular complexity index is 1250. The van der Waals surface area contributed by atoms with E-state index < -0.39 is 5.82 Å². The van der Waals surface area contributed by atoms with E-state index in [9.17, 15) is 9.18 Å². The van der Waals surface area contributed by atoms with Crippen LogP contribution in [0.15, 0.2) is 36.7 Å². The van der Waals surface area contributed by atoms with E-state index in [1.165, 1.54) is 12.4 Å². The van der Waals surface area contributed by atoms with Gasteiger partial charge < -0.3 is 19.7 Å². The van der Waals surface area contributed by atoms with Gasteiger partial charge in [0.2, 0.25) is 5.91 Å². The maximum atomic E-state index is 14.5. The molecule has 0 bridgehead atoms. The van der Waals surface area contributed by atoms with Crippen LogP contribution in [0.1, 0.15) is 19.3 Å². The number of ether oxygens (including phenoxy) is 2. The number of benzene rings is 2. The number of likely N-dealkylation sites (N-methyl/N-ethyl adjacent to an activating group) is 1. The molecule has 0 radical (unpaired) electrons. The second kappa shape index (κ2) is 9.83. The monoisotopic (exact) mass is 499 g/mol. The standard InChI is InChI=1S/C25H27ClFN5O3/c1-31-13-15(10-20(31)25(33)32-8-3-4-9-32)35-22-11-16-19(12-21(22)34-2)28-14-29-24(16)30-18-7-5-6-17(26)23(18)27/h5-7,11-12,14-15,20H,3-4,8-10,13H2,1-2H3,(H,28,29,30)/t15-,20+/m1/s1. The van der Waals surface area contributed by atoms with Crippen LogP contribution >= 0.6 is 11.6 Å². The third kappa shape index (κ3) is 4.70. The van der Waals surface area contributed by atoms with Crippen molar-refractivity contribution < 1.29 is 18.7 Å². The van der Waals surface area contributed by atoms with Crippen LogP contribution in [0.3, 0.4) is 0 Å². The summed E-state index contributed by atoms with van der Waals surface area (Å²) in [7, 11) is 3.52. The highest BCUT2D eigenvalue weighted by atomic mass is 35.5. The quantitative estimate of drug-likeness (QED) is 0.543. The zero-order valence-corrected chi connectivity index (χ0v) is 20.4. The molecule has 2 aliphatic rings. The molecule has 2 saturated heterocycles. The summed E-state index contributed by atoms with van der Waals surface area (Å²) in [6.45, 7) is 2.28. The Kier molecular flexibility index (Phi) is 6.62. The van der Waals surface area contributed by atoms with Crippen LogP contribution in [-0.2, 0) is 4.79 Å². The van der Waals surface area contributed by atoms with Crippen molar-refractivity contribution in [3.05, 3.63) is 47.5 Å². The molecule has 2 atom stereocenters. The zero-order chi connectivity index (χ0) is 24.5. The molecule has 0 saturated carbocycles. The molecule has 2 aromatic carbocycles. The number of halogens is 2. The Balaban J connectivity index is 1.41. The highest BCUT2D eigenvalue weighted by molar-refractivity contribution is 6.31. The van der Waals surface area contributed by atoms with Gasteiger partial charge in [0.25, 0.3) is 0 Å². The van der Waals surface area contributed by atoms with E-state index >= 15 is 0 Å². The summed E-state index contributed by atoms with van der Waals surface area (Å²) in [6.07, 6.45) is 3.93. The van der Waals surface area contributed by atoms with E-state index in [-0.39, 0.29) is 28.8 Å². The van der Waals surface area contributed by atoms with Crippen LogP contribution in [0, 0.1) is 5.82 Å². The molecule has 10 heteroatoms. The number of fused-ring (bicyclic) bond motifs is 1. The SMILES string of the molecule is COc1cc2ncnc(Nc3cccc(Cl)c3F)c2cc1O[C@@H]1C[C@@H](C(=O)N2CCCC2)N(C)C1. The van der Waals surface area contributed by atoms with Gasteiger partial charge in [0, 0.05) is 37.5 Å². The predicted molar refractivity (Wildman–Crippen MR) is 132 cm³/mol. The molecular weight excluding hydrogens is 473 g/mol. The normalized spacial score (nSPS) is 20.4. The molecule has 2 aliphatic heterocycles. The summed E-state index contributed by atoms with van der Waals surface area (Å²) < 4.78 is 26.4. The number of methoxy groups -OCH3 is 1. The number of hydrogen-bond donors (Lipinski definition) is 1. The van der Waals surface area contributed by atoms with Crippen molar-refractivity contribution in [1.29, 1.82) is 0 Å². The van der Waals surface area contributed by atoms with E-state index in [0.29, 0.717) is 41.2 Å². The first-order valence-electron chi connectivity index (χ1n) is 11.6. The van der Waals surface area contributed by atoms with Gasteiger partial charge in [0.05, 0.1) is 29.4 Å². The Morgan fingerprint density at radius 1 is 1.20 bits per heavy atom. The topological polar surface area (TPSA) is 79.8 Å². The first-order chi connectivity index (χ1) is 16.9. The number of nitrogens with zero attached hydrogens (tertiary/aromatic N) is 4. The van der Waals surface area contributed by atoms with Crippen molar-refractivity contribution in [3.63, 3.8) is 0 Å². The molecule has 5 rings (SSSR count). The lowest BCUT2D eigenvalue weighted by Crippen LogP contribution is -2.42. The predicted octanol–water partition coefficient (Wildman–Crippen LogP) is 4.25. The Morgan fingerprint density at radius 3 is 2.77 bits per heavy atom. The molecule has 1 amide bonds. The molecule has 184 valence electrons. The number of rotatable bonds is 6. The largest absolute Gasteiger partial charge is 0.493 e. The van der Waals surface area contributed by atoms with Crippen molar-refractivity contribution in [2.75, 3.05) is 39.1 Å². The molecule has 0 aliphatic carbocycles. The van der Waals surface area contributed by atoms with E-state index in [1.807, 2.05) is 11.9 Å². The summed E-state index contributed by atoms with van der Waals surface area (Å²) in [6, 6.07) is 8.08. The molecular formula is C25H27ClFN5O3. The van der Waals surface area contributed by atoms with Crippen molar-refractivity contribution >= 4 is 39.9 Å². The summed E-state index contributed by atoms with van der Waals surface area (Å²) in [4.78, 5) is 25.6. The van der Waals surface area contributed by atoms with Gasteiger partial charge >= 0.3 is 0 Å². The van der Waals surface area contributed by atoms with Crippen molar-refractivity contribution in [3.8, 4) is 11.5 Å². The minimum Gasteiger partial charge on any atom is -0.493 e. The lowest BCUT2D eigenvalue weighted by molar-refractivity contribution is -0.134. The van der Waals surface area contributed by atoms with Gasteiger partial charge in [-0.15, -0.1) is 0 Å². The Labute approximate surface area is 208 Å². The second-order valence-electron chi connectivity index (χ2n) is 8.93. The minimum atomic E-state index is -0.561. The Morgan fingerprint density at radius 2 is 2.00 bits per heavy atom. The fraction of sp³-hybridized carbons (Fsp3) is 0.400. The van der Waals surface area contributed by atoms with Crippen LogP contribution in [0.25, 0.3) is 10.9 Å². The summed E-state index contributed by atoms with van der Waals surface area (Å²) in [5.74, 6) is 1.05. The van der Waals surface area contributed by atoms with E-state index in [4.69, 9.17) is 21.1 Å². The molecule has 0 spiro atoms. The lowest BCUT2D eigenvalue weighted by Gasteiger charge is -2.24. The number of likely N-dealkylation sites (tertiary alicyclic amines) is 2. The van der Waals surface area contributed by atoms with Crippen molar-refractivity contribution in [1.82, 2.24) is 19.8 Å². The number of aromatic nitrogens is 2. The number of anilines is 2. The van der Waals surface area contributed by atoms with E-state index in [0.717, 1.165) is 25.9 Å². The van der Waals surface area contributed by atoms with Gasteiger partial charge in [-0.2, -0.15) is 0 Å². The Hall–Kier alpha value is -3.17. The number of hydrogen-bond acceptors (Lipinski definition) is 7. The third-order valence-corrected chi connectivity index (χ3v) is 6.92. The summed E-state index contributed by atoms with van der Waals surface area (Å²) >= 11 is 5.93. The fourth-order valence-electron chi connectivity index (χ4n) is 4.80. The van der Waals surface area contributed by atoms with Crippen LogP contribution in [0.2, 0.25) is 5.02 Å². The number of amides is 1. The number of carbonyl (C=O) groups is 1. The lowest BCUT2D eigenvalue weighted by atomic mass is 10.1. The fourth-order valence-corrected chi connectivity index (χ4v) is 4.97. The smallest absolute Gasteiger partial charge is 0.240 e. The van der Waals surface area contributed by atoms with Gasteiger partial charge in [-0.3, -0.25) is 9.69 Å². The molecule has 35 heavy (non-hydrogen) atoms. The van der Waals surface area contributed by atoms with Crippen LogP contribution < -0.4 is 14.8 Å². The molecule has 3 aromatic rings. The number of carbonyl (C=O) groups excluding carboxylic acids is 1. The molecule has 2 fully saturated rings. The summed E-state index contributed by atoms with van der Waals surface area (Å²) in [5.41, 5.74) is 0.816. The maximum Gasteiger partial charge on any atom is 0.240 e. The highest BCUT2D eigenvalue weighted by Gasteiger charge is 2.38. The van der Waals surface area contributed by atoms with Crippen LogP contribution in [0.5, 0.6) is 11.5 Å². The van der Waals surface area contributed by atoms with Crippen LogP contribution in [-0.4, -0.2) is 71.6 Å². The molecule has 8 nitrogen and oxygen atoms in total. The van der Waals surface area contributed by atoms with Crippen molar-refractivity contribution in [2.24, 2.45) is 0 Å². The minimum absolute atomic E-state index is 0.0161. The molecule has 1 N–H and O–H groups in total. The first-order valence-corrected chi connectivity index (χ1v) is 12.0. The average Bonchev–Trinajstić information content (AvgIpc) is 3.51. The first kappa shape index (κ1) is 23.6. The summed E-state index contributed by atoms with van der Waals surface area (Å²) in [5, 5.41) is 3.66. The van der Waals surface area contributed by atoms with Gasteiger partial charge in [-0.25, -0.2) is 14.4 Å². The highest BCUT2D eigenvalue weighted by Crippen LogP contribution is 2.37. The third-order valence-electron chi connectivity index (χ3n) is 6.63. The van der Waals surface area contributed by atoms with Crippen molar-refractivity contribution in [2.45, 2.75) is 31.4 Å². The second-order valence-corrected chi connectivity index (χ2v) is 9.34. The van der Waals surface area contributed by atoms with Gasteiger partial charge in [-0.1, -0.05) is 17.7 Å². The molecule has 1 aromatic heterocycles. The van der Waals surface area contributed by atoms with Crippen LogP contribution in [0.4, 0.5) is 15.9 Å². The number of nitrogens with one attached hydrogen (secondary N) is 1. The molecule has 0 unspecified atom stereocenters. The van der Waals surface area contributed by atoms with Gasteiger partial charge in [-0.05, 0) is 38.1 Å². The maximum absolute atomic E-state index is 14.5. The average molecular weight is 500 g/mol. The van der Waals surface area contributed by atoms with E-state index in [1.54, 1.807) is 31.4 Å². The molecule has 3 heterocycles. The van der Waals surface area contributed by atoms with E-state index in [2.05, 4.69) is 20.2 Å². The van der Waals surface area contributed by atoms with Gasteiger partial charge in [0.1, 0.15) is 18.2 Å². The van der Waals surface area contributed by atoms with Gasteiger partial charge in [0.15, 0.2) is 17.3 Å². The zero-order valence-electron chi connectivity index (χ0n) is 19.6.